The van der Waals surface area contributed by atoms with Crippen LogP contribution in [-0.4, -0.2) is 12.8 Å². The summed E-state index contributed by atoms with van der Waals surface area (Å²) in [5.41, 5.74) is 0.254. The Bertz CT molecular complexity index is 547. The minimum atomic E-state index is -4.59. The van der Waals surface area contributed by atoms with Gasteiger partial charge < -0.3 is 4.74 Å². The van der Waals surface area contributed by atoms with Gasteiger partial charge in [0.2, 0.25) is 5.82 Å². The molecular formula is C19H25F5O. The van der Waals surface area contributed by atoms with Crippen molar-refractivity contribution >= 4 is 0 Å². The highest BCUT2D eigenvalue weighted by Gasteiger charge is 2.30. The first-order chi connectivity index (χ1) is 11.8. The lowest BCUT2D eigenvalue weighted by molar-refractivity contribution is -0.153. The van der Waals surface area contributed by atoms with Crippen LogP contribution >= 0.6 is 0 Å². The van der Waals surface area contributed by atoms with E-state index in [2.05, 4.69) is 11.7 Å². The average molecular weight is 364 g/mol. The van der Waals surface area contributed by atoms with Crippen LogP contribution in [0.25, 0.3) is 0 Å². The zero-order valence-electron chi connectivity index (χ0n) is 14.5. The summed E-state index contributed by atoms with van der Waals surface area (Å²) < 4.78 is 69.1. The Balaban J connectivity index is 1.96. The molecule has 0 spiro atoms. The number of rotatable bonds is 7. The zero-order valence-corrected chi connectivity index (χ0v) is 14.5. The number of halogens is 5. The maximum atomic E-state index is 14.3. The van der Waals surface area contributed by atoms with E-state index >= 15 is 0 Å². The van der Waals surface area contributed by atoms with Crippen molar-refractivity contribution in [3.8, 4) is 5.75 Å². The summed E-state index contributed by atoms with van der Waals surface area (Å²) in [6, 6.07) is 2.47. The van der Waals surface area contributed by atoms with Crippen molar-refractivity contribution in [2.45, 2.75) is 70.4 Å². The zero-order chi connectivity index (χ0) is 18.4. The lowest BCUT2D eigenvalue weighted by Crippen LogP contribution is -2.20. The molecule has 0 bridgehead atoms. The van der Waals surface area contributed by atoms with Gasteiger partial charge in [-0.25, -0.2) is 4.39 Å². The van der Waals surface area contributed by atoms with Gasteiger partial charge in [0, 0.05) is 0 Å². The van der Waals surface area contributed by atoms with Gasteiger partial charge in [0.05, 0.1) is 0 Å². The Morgan fingerprint density at radius 2 is 1.68 bits per heavy atom. The largest absolute Gasteiger partial charge is 0.481 e. The molecule has 0 aromatic heterocycles. The van der Waals surface area contributed by atoms with Gasteiger partial charge in [0.15, 0.2) is 18.2 Å². The molecule has 0 saturated heterocycles. The molecule has 1 saturated carbocycles. The molecule has 1 aromatic rings. The number of benzene rings is 1. The molecule has 6 heteroatoms. The fourth-order valence-corrected chi connectivity index (χ4v) is 3.58. The number of alkyl halides is 3. The summed E-state index contributed by atoms with van der Waals surface area (Å²) in [5.74, 6) is -2.52. The third kappa shape index (κ3) is 5.86. The molecule has 1 fully saturated rings. The molecule has 1 aliphatic rings. The second-order valence-electron chi connectivity index (χ2n) is 6.90. The van der Waals surface area contributed by atoms with E-state index in [4.69, 9.17) is 0 Å². The lowest BCUT2D eigenvalue weighted by Gasteiger charge is -2.29. The van der Waals surface area contributed by atoms with Gasteiger partial charge in [-0.3, -0.25) is 0 Å². The van der Waals surface area contributed by atoms with Gasteiger partial charge in [0.1, 0.15) is 0 Å². The van der Waals surface area contributed by atoms with Crippen molar-refractivity contribution in [1.29, 1.82) is 0 Å². The van der Waals surface area contributed by atoms with Crippen molar-refractivity contribution in [2.24, 2.45) is 5.92 Å². The maximum absolute atomic E-state index is 14.3. The van der Waals surface area contributed by atoms with E-state index in [9.17, 15) is 22.0 Å². The van der Waals surface area contributed by atoms with Crippen molar-refractivity contribution in [3.05, 3.63) is 29.3 Å². The Labute approximate surface area is 145 Å². The lowest BCUT2D eigenvalue weighted by atomic mass is 9.77. The third-order valence-electron chi connectivity index (χ3n) is 4.97. The third-order valence-corrected chi connectivity index (χ3v) is 4.97. The van der Waals surface area contributed by atoms with Gasteiger partial charge in [-0.2, -0.15) is 17.6 Å². The Hall–Kier alpha value is -1.33. The molecular weight excluding hydrogens is 339 g/mol. The molecule has 0 aliphatic heterocycles. The SMILES string of the molecule is CCCCCC1CCC(c2ccc(OCC(F)(F)F)c(F)c2F)CC1. The minimum absolute atomic E-state index is 0.0754. The van der Waals surface area contributed by atoms with Gasteiger partial charge in [-0.05, 0) is 49.1 Å². The van der Waals surface area contributed by atoms with E-state index in [0.29, 0.717) is 5.92 Å². The van der Waals surface area contributed by atoms with Gasteiger partial charge in [0.25, 0.3) is 0 Å². The summed E-state index contributed by atoms with van der Waals surface area (Å²) in [6.45, 7) is 0.530. The standard InChI is InChI=1S/C19H25F5O/c1-2-3-4-5-13-6-8-14(9-7-13)15-10-11-16(18(21)17(15)20)25-12-19(22,23)24/h10-11,13-14H,2-9,12H2,1H3. The first kappa shape index (κ1) is 20.0. The summed E-state index contributed by atoms with van der Waals surface area (Å²) in [5, 5.41) is 0. The van der Waals surface area contributed by atoms with Crippen molar-refractivity contribution in [3.63, 3.8) is 0 Å². The van der Waals surface area contributed by atoms with Crippen LogP contribution in [0.1, 0.15) is 69.8 Å². The van der Waals surface area contributed by atoms with Crippen LogP contribution in [0, 0.1) is 17.6 Å². The van der Waals surface area contributed by atoms with E-state index in [1.807, 2.05) is 0 Å². The first-order valence-corrected chi connectivity index (χ1v) is 8.99. The monoisotopic (exact) mass is 364 g/mol. The highest BCUT2D eigenvalue weighted by molar-refractivity contribution is 5.33. The van der Waals surface area contributed by atoms with Crippen LogP contribution in [0.4, 0.5) is 22.0 Å². The van der Waals surface area contributed by atoms with Crippen molar-refractivity contribution in [2.75, 3.05) is 6.61 Å². The molecule has 0 radical (unpaired) electrons. The van der Waals surface area contributed by atoms with E-state index in [1.54, 1.807) is 0 Å². The second-order valence-corrected chi connectivity index (χ2v) is 6.90. The second kappa shape index (κ2) is 8.86. The highest BCUT2D eigenvalue weighted by atomic mass is 19.4. The van der Waals surface area contributed by atoms with Crippen molar-refractivity contribution < 1.29 is 26.7 Å². The fourth-order valence-electron chi connectivity index (χ4n) is 3.58. The molecule has 0 amide bonds. The smallest absolute Gasteiger partial charge is 0.422 e. The van der Waals surface area contributed by atoms with Crippen LogP contribution < -0.4 is 4.74 Å². The molecule has 0 heterocycles. The Morgan fingerprint density at radius 3 is 2.28 bits per heavy atom. The molecule has 1 aliphatic carbocycles. The van der Waals surface area contributed by atoms with Crippen LogP contribution in [-0.2, 0) is 0 Å². The quantitative estimate of drug-likeness (QED) is 0.384. The molecule has 142 valence electrons. The summed E-state index contributed by atoms with van der Waals surface area (Å²) in [7, 11) is 0. The molecule has 0 N–H and O–H groups in total. The molecule has 25 heavy (non-hydrogen) atoms. The predicted molar refractivity (Wildman–Crippen MR) is 86.7 cm³/mol. The normalized spacial score (nSPS) is 21.4. The number of unbranched alkanes of at least 4 members (excludes halogenated alkanes) is 2. The van der Waals surface area contributed by atoms with Gasteiger partial charge >= 0.3 is 6.18 Å². The number of hydrogen-bond acceptors (Lipinski definition) is 1. The van der Waals surface area contributed by atoms with Crippen LogP contribution in [0.5, 0.6) is 5.75 Å². The maximum Gasteiger partial charge on any atom is 0.422 e. The average Bonchev–Trinajstić information content (AvgIpc) is 2.56. The number of ether oxygens (including phenoxy) is 1. The van der Waals surface area contributed by atoms with Gasteiger partial charge in [-0.1, -0.05) is 38.7 Å². The molecule has 2 rings (SSSR count). The molecule has 0 unspecified atom stereocenters. The van der Waals surface area contributed by atoms with E-state index in [-0.39, 0.29) is 11.5 Å². The summed E-state index contributed by atoms with van der Waals surface area (Å²) >= 11 is 0. The Kier molecular flexibility index (Phi) is 7.08. The molecule has 0 atom stereocenters. The van der Waals surface area contributed by atoms with E-state index in [0.717, 1.165) is 31.7 Å². The minimum Gasteiger partial charge on any atom is -0.481 e. The topological polar surface area (TPSA) is 9.23 Å². The summed E-state index contributed by atoms with van der Waals surface area (Å²) in [6.07, 6.45) is 3.76. The summed E-state index contributed by atoms with van der Waals surface area (Å²) in [4.78, 5) is 0. The van der Waals surface area contributed by atoms with E-state index in [1.165, 1.54) is 31.7 Å². The van der Waals surface area contributed by atoms with Crippen LogP contribution in [0.15, 0.2) is 12.1 Å². The van der Waals surface area contributed by atoms with Crippen LogP contribution in [0.3, 0.4) is 0 Å². The van der Waals surface area contributed by atoms with Gasteiger partial charge in [-0.15, -0.1) is 0 Å². The molecule has 1 nitrogen and oxygen atoms in total. The molecule has 1 aromatic carbocycles. The number of hydrogen-bond donors (Lipinski definition) is 0. The van der Waals surface area contributed by atoms with Crippen LogP contribution in [0.2, 0.25) is 0 Å². The highest BCUT2D eigenvalue weighted by Crippen LogP contribution is 2.40. The Morgan fingerprint density at radius 1 is 1.00 bits per heavy atom. The van der Waals surface area contributed by atoms with Crippen molar-refractivity contribution in [1.82, 2.24) is 0 Å². The predicted octanol–water partition coefficient (Wildman–Crippen LogP) is 6.76. The van der Waals surface area contributed by atoms with E-state index < -0.39 is 30.2 Å². The fraction of sp³-hybridized carbons (Fsp3) is 0.684. The first-order valence-electron chi connectivity index (χ1n) is 8.99.